The minimum absolute atomic E-state index is 0.0220. The predicted octanol–water partition coefficient (Wildman–Crippen LogP) is 5.91. The molecule has 3 aromatic rings. The van der Waals surface area contributed by atoms with E-state index in [4.69, 9.17) is 9.47 Å². The van der Waals surface area contributed by atoms with Gasteiger partial charge in [-0.15, -0.1) is 0 Å². The van der Waals surface area contributed by atoms with Crippen LogP contribution < -0.4 is 20.2 Å². The number of aryl methyl sites for hydroxylation is 2. The molecule has 0 saturated carbocycles. The topological polar surface area (TPSA) is 89.0 Å². The van der Waals surface area contributed by atoms with E-state index in [0.29, 0.717) is 34.7 Å². The third-order valence-corrected chi connectivity index (χ3v) is 5.80. The van der Waals surface area contributed by atoms with E-state index in [-0.39, 0.29) is 24.7 Å². The molecule has 0 saturated heterocycles. The van der Waals surface area contributed by atoms with Crippen LogP contribution in [-0.4, -0.2) is 24.6 Å². The second kappa shape index (κ2) is 13.4. The number of nitrogens with zero attached hydrogens (tertiary/aromatic N) is 1. The Morgan fingerprint density at radius 3 is 2.47 bits per heavy atom. The lowest BCUT2D eigenvalue weighted by atomic mass is 10.1. The Hall–Kier alpha value is -3.65. The van der Waals surface area contributed by atoms with Crippen LogP contribution in [0.25, 0.3) is 0 Å². The number of hydrogen-bond donors (Lipinski definition) is 2. The first-order valence-electron chi connectivity index (χ1n) is 11.7. The first-order valence-corrected chi connectivity index (χ1v) is 12.5. The van der Waals surface area contributed by atoms with Crippen LogP contribution in [0, 0.1) is 13.8 Å². The fraction of sp³-hybridized carbons (Fsp3) is 0.250. The highest BCUT2D eigenvalue weighted by Gasteiger charge is 2.13. The van der Waals surface area contributed by atoms with Gasteiger partial charge in [0.05, 0.1) is 17.3 Å². The van der Waals surface area contributed by atoms with Crippen molar-refractivity contribution in [2.24, 2.45) is 5.10 Å². The van der Waals surface area contributed by atoms with Gasteiger partial charge in [-0.1, -0.05) is 42.5 Å². The number of carbonyl (C=O) groups is 2. The van der Waals surface area contributed by atoms with Crippen LogP contribution in [0.1, 0.15) is 42.0 Å². The number of anilines is 1. The first-order chi connectivity index (χ1) is 17.4. The average molecular weight is 552 g/mol. The summed E-state index contributed by atoms with van der Waals surface area (Å²) < 4.78 is 12.5. The van der Waals surface area contributed by atoms with Gasteiger partial charge in [-0.25, -0.2) is 5.43 Å². The molecule has 0 aliphatic heterocycles. The molecule has 36 heavy (non-hydrogen) atoms. The fourth-order valence-corrected chi connectivity index (χ4v) is 3.91. The van der Waals surface area contributed by atoms with E-state index in [1.165, 1.54) is 6.21 Å². The Morgan fingerprint density at radius 2 is 1.72 bits per heavy atom. The van der Waals surface area contributed by atoms with E-state index in [9.17, 15) is 9.59 Å². The van der Waals surface area contributed by atoms with Gasteiger partial charge in [0, 0.05) is 18.5 Å². The Bertz CT molecular complexity index is 1230. The van der Waals surface area contributed by atoms with E-state index in [2.05, 4.69) is 31.8 Å². The highest BCUT2D eigenvalue weighted by Crippen LogP contribution is 2.37. The predicted molar refractivity (Wildman–Crippen MR) is 146 cm³/mol. The van der Waals surface area contributed by atoms with Crippen LogP contribution >= 0.6 is 15.9 Å². The van der Waals surface area contributed by atoms with Gasteiger partial charge in [-0.2, -0.15) is 5.10 Å². The minimum atomic E-state index is -0.353. The Kier molecular flexibility index (Phi) is 10.1. The SMILES string of the molecule is CCOc1cc(C=NNC(=O)CCC(=O)Nc2cc(C)ccc2C)cc(Br)c1OCc1ccccc1. The molecule has 0 atom stereocenters. The third kappa shape index (κ3) is 8.23. The summed E-state index contributed by atoms with van der Waals surface area (Å²) in [5.74, 6) is 0.587. The van der Waals surface area contributed by atoms with E-state index in [0.717, 1.165) is 22.4 Å². The van der Waals surface area contributed by atoms with Gasteiger partial charge in [-0.05, 0) is 77.2 Å². The summed E-state index contributed by atoms with van der Waals surface area (Å²) in [6, 6.07) is 19.3. The van der Waals surface area contributed by atoms with Crippen molar-refractivity contribution < 1.29 is 19.1 Å². The lowest BCUT2D eigenvalue weighted by Crippen LogP contribution is -2.21. The maximum Gasteiger partial charge on any atom is 0.240 e. The zero-order valence-electron chi connectivity index (χ0n) is 20.6. The van der Waals surface area contributed by atoms with Crippen LogP contribution in [-0.2, 0) is 16.2 Å². The van der Waals surface area contributed by atoms with E-state index in [1.807, 2.05) is 75.4 Å². The van der Waals surface area contributed by atoms with Gasteiger partial charge in [0.25, 0.3) is 0 Å². The summed E-state index contributed by atoms with van der Waals surface area (Å²) >= 11 is 3.54. The third-order valence-electron chi connectivity index (χ3n) is 5.21. The number of nitrogens with one attached hydrogen (secondary N) is 2. The molecule has 3 aromatic carbocycles. The zero-order valence-corrected chi connectivity index (χ0v) is 22.2. The maximum atomic E-state index is 12.2. The summed E-state index contributed by atoms with van der Waals surface area (Å²) in [4.78, 5) is 24.4. The number of carbonyl (C=O) groups excluding carboxylic acids is 2. The molecule has 0 aromatic heterocycles. The monoisotopic (exact) mass is 551 g/mol. The number of rotatable bonds is 11. The van der Waals surface area contributed by atoms with Crippen molar-refractivity contribution in [2.75, 3.05) is 11.9 Å². The maximum absolute atomic E-state index is 12.2. The zero-order chi connectivity index (χ0) is 25.9. The van der Waals surface area contributed by atoms with Crippen LogP contribution in [0.2, 0.25) is 0 Å². The van der Waals surface area contributed by atoms with Crippen molar-refractivity contribution in [1.82, 2.24) is 5.43 Å². The Morgan fingerprint density at radius 1 is 0.972 bits per heavy atom. The highest BCUT2D eigenvalue weighted by molar-refractivity contribution is 9.10. The molecule has 2 amide bonds. The molecule has 0 bridgehead atoms. The van der Waals surface area contributed by atoms with Crippen LogP contribution in [0.4, 0.5) is 5.69 Å². The molecule has 0 heterocycles. The second-order valence-electron chi connectivity index (χ2n) is 8.20. The van der Waals surface area contributed by atoms with Gasteiger partial charge in [0.1, 0.15) is 6.61 Å². The molecule has 7 nitrogen and oxygen atoms in total. The molecule has 2 N–H and O–H groups in total. The second-order valence-corrected chi connectivity index (χ2v) is 9.05. The molecular formula is C28H30BrN3O4. The normalized spacial score (nSPS) is 10.8. The van der Waals surface area contributed by atoms with E-state index >= 15 is 0 Å². The van der Waals surface area contributed by atoms with Crippen LogP contribution in [0.15, 0.2) is 70.2 Å². The number of amides is 2. The molecule has 0 unspecified atom stereocenters. The Balaban J connectivity index is 1.54. The largest absolute Gasteiger partial charge is 0.490 e. The molecule has 0 aliphatic rings. The number of halogens is 1. The molecule has 8 heteroatoms. The van der Waals surface area contributed by atoms with Crippen LogP contribution in [0.5, 0.6) is 11.5 Å². The van der Waals surface area contributed by atoms with Crippen LogP contribution in [0.3, 0.4) is 0 Å². The summed E-state index contributed by atoms with van der Waals surface area (Å²) in [6.07, 6.45) is 1.60. The molecule has 3 rings (SSSR count). The number of hydrogen-bond acceptors (Lipinski definition) is 5. The number of benzene rings is 3. The number of hydrazone groups is 1. The van der Waals surface area contributed by atoms with E-state index < -0.39 is 0 Å². The molecule has 0 spiro atoms. The van der Waals surface area contributed by atoms with Gasteiger partial charge < -0.3 is 14.8 Å². The Labute approximate surface area is 220 Å². The van der Waals surface area contributed by atoms with Gasteiger partial charge >= 0.3 is 0 Å². The summed E-state index contributed by atoms with van der Waals surface area (Å²) in [5, 5.41) is 6.87. The lowest BCUT2D eigenvalue weighted by molar-refractivity contribution is -0.124. The van der Waals surface area contributed by atoms with Crippen molar-refractivity contribution in [2.45, 2.75) is 40.2 Å². The van der Waals surface area contributed by atoms with Crippen molar-refractivity contribution in [3.63, 3.8) is 0 Å². The smallest absolute Gasteiger partial charge is 0.240 e. The lowest BCUT2D eigenvalue weighted by Gasteiger charge is -2.14. The quantitative estimate of drug-likeness (QED) is 0.229. The highest BCUT2D eigenvalue weighted by atomic mass is 79.9. The summed E-state index contributed by atoms with van der Waals surface area (Å²) in [5.41, 5.74) is 7.00. The fourth-order valence-electron chi connectivity index (χ4n) is 3.34. The first kappa shape index (κ1) is 26.9. The number of ether oxygens (including phenoxy) is 2. The molecule has 0 aliphatic carbocycles. The van der Waals surface area contributed by atoms with Crippen molar-refractivity contribution in [1.29, 1.82) is 0 Å². The van der Waals surface area contributed by atoms with Crippen molar-refractivity contribution in [3.05, 3.63) is 87.4 Å². The van der Waals surface area contributed by atoms with Gasteiger partial charge in [-0.3, -0.25) is 9.59 Å². The molecule has 188 valence electrons. The van der Waals surface area contributed by atoms with Gasteiger partial charge in [0.2, 0.25) is 11.8 Å². The molecule has 0 radical (unpaired) electrons. The molecular weight excluding hydrogens is 522 g/mol. The van der Waals surface area contributed by atoms with E-state index in [1.54, 1.807) is 6.07 Å². The standard InChI is InChI=1S/C28H30BrN3O4/c1-4-35-25-16-22(15-23(29)28(25)36-18-21-8-6-5-7-9-21)17-30-32-27(34)13-12-26(33)31-24-14-19(2)10-11-20(24)3/h5-11,14-17H,4,12-13,18H2,1-3H3,(H,31,33)(H,32,34). The summed E-state index contributed by atoms with van der Waals surface area (Å²) in [6.45, 7) is 6.65. The summed E-state index contributed by atoms with van der Waals surface area (Å²) in [7, 11) is 0. The molecule has 0 fully saturated rings. The van der Waals surface area contributed by atoms with Crippen molar-refractivity contribution in [3.8, 4) is 11.5 Å². The minimum Gasteiger partial charge on any atom is -0.490 e. The van der Waals surface area contributed by atoms with Gasteiger partial charge in [0.15, 0.2) is 11.5 Å². The van der Waals surface area contributed by atoms with Crippen molar-refractivity contribution >= 4 is 39.6 Å². The average Bonchev–Trinajstić information content (AvgIpc) is 2.85.